The van der Waals surface area contributed by atoms with Crippen molar-refractivity contribution in [1.29, 1.82) is 0 Å². The van der Waals surface area contributed by atoms with E-state index >= 15 is 0 Å². The van der Waals surface area contributed by atoms with Crippen LogP contribution in [0.15, 0.2) is 23.3 Å². The van der Waals surface area contributed by atoms with Crippen molar-refractivity contribution in [3.8, 4) is 0 Å². The van der Waals surface area contributed by atoms with Crippen LogP contribution >= 0.6 is 24.8 Å². The van der Waals surface area contributed by atoms with Gasteiger partial charge in [0.25, 0.3) is 5.56 Å². The van der Waals surface area contributed by atoms with Gasteiger partial charge < -0.3 is 14.8 Å². The van der Waals surface area contributed by atoms with Crippen LogP contribution in [0, 0.1) is 5.92 Å². The number of H-pyrrole nitrogens is 1. The van der Waals surface area contributed by atoms with Gasteiger partial charge in [-0.2, -0.15) is 10.1 Å². The van der Waals surface area contributed by atoms with E-state index in [1.54, 1.807) is 6.33 Å². The highest BCUT2D eigenvalue weighted by Crippen LogP contribution is 2.31. The molecule has 0 unspecified atom stereocenters. The van der Waals surface area contributed by atoms with Gasteiger partial charge in [-0.05, 0) is 24.9 Å². The standard InChI is InChI=1S/C18H25N7O.2ClH/c26-17-14(1-2-16-15-7-13(8-19-9-15)10-25(16)17)11-23-3-5-24(6-4-23)18-20-12-21-22-18;;/h1-2,12-13,15,19H,3-11H2,(H,20,21,22);2*1H/t13-,15+;;/m0../s1. The summed E-state index contributed by atoms with van der Waals surface area (Å²) in [5.74, 6) is 1.92. The Hall–Kier alpha value is -1.61. The molecule has 2 aromatic heterocycles. The Kier molecular flexibility index (Phi) is 6.65. The van der Waals surface area contributed by atoms with Gasteiger partial charge in [-0.3, -0.25) is 9.69 Å². The number of nitrogens with one attached hydrogen (secondary N) is 2. The summed E-state index contributed by atoms with van der Waals surface area (Å²) in [5.41, 5.74) is 2.36. The molecule has 28 heavy (non-hydrogen) atoms. The molecule has 3 aliphatic heterocycles. The van der Waals surface area contributed by atoms with Gasteiger partial charge in [0.2, 0.25) is 5.95 Å². The average Bonchev–Trinajstić information content (AvgIpc) is 3.20. The molecule has 2 aromatic rings. The van der Waals surface area contributed by atoms with Crippen molar-refractivity contribution in [2.24, 2.45) is 5.92 Å². The number of hydrogen-bond donors (Lipinski definition) is 2. The maximum absolute atomic E-state index is 13.1. The van der Waals surface area contributed by atoms with Crippen molar-refractivity contribution >= 4 is 30.8 Å². The van der Waals surface area contributed by atoms with E-state index in [-0.39, 0.29) is 30.4 Å². The number of piperidine rings is 1. The summed E-state index contributed by atoms with van der Waals surface area (Å²) >= 11 is 0. The quantitative estimate of drug-likeness (QED) is 0.754. The van der Waals surface area contributed by atoms with E-state index in [1.165, 1.54) is 12.1 Å². The van der Waals surface area contributed by atoms with Crippen LogP contribution in [0.5, 0.6) is 0 Å². The minimum absolute atomic E-state index is 0. The SMILES string of the molecule is Cl.Cl.O=c1c(CN2CCN(c3ncn[nH]3)CC2)ccc2n1C[C@@H]1CNC[C@H]2C1. The Bertz CT molecular complexity index is 833. The van der Waals surface area contributed by atoms with Gasteiger partial charge in [-0.1, -0.05) is 6.07 Å². The Morgan fingerprint density at radius 2 is 1.93 bits per heavy atom. The molecule has 0 amide bonds. The molecule has 0 radical (unpaired) electrons. The number of rotatable bonds is 3. The fourth-order valence-electron chi connectivity index (χ4n) is 4.67. The Labute approximate surface area is 176 Å². The lowest BCUT2D eigenvalue weighted by atomic mass is 9.84. The maximum atomic E-state index is 13.1. The number of anilines is 1. The number of halogens is 2. The van der Waals surface area contributed by atoms with Crippen molar-refractivity contribution < 1.29 is 0 Å². The third-order valence-electron chi connectivity index (χ3n) is 6.06. The van der Waals surface area contributed by atoms with Crippen molar-refractivity contribution in [3.05, 3.63) is 40.1 Å². The summed E-state index contributed by atoms with van der Waals surface area (Å²) in [5, 5.41) is 10.3. The summed E-state index contributed by atoms with van der Waals surface area (Å²) < 4.78 is 2.06. The number of aromatic nitrogens is 4. The molecule has 0 saturated carbocycles. The van der Waals surface area contributed by atoms with Gasteiger partial charge >= 0.3 is 0 Å². The van der Waals surface area contributed by atoms with Gasteiger partial charge in [0.15, 0.2) is 0 Å². The molecule has 2 fully saturated rings. The first-order chi connectivity index (χ1) is 12.8. The van der Waals surface area contributed by atoms with E-state index in [9.17, 15) is 4.79 Å². The molecule has 5 rings (SSSR count). The lowest BCUT2D eigenvalue weighted by Gasteiger charge is -2.38. The second kappa shape index (κ2) is 8.82. The zero-order valence-corrected chi connectivity index (χ0v) is 17.3. The number of pyridine rings is 1. The molecule has 5 heterocycles. The van der Waals surface area contributed by atoms with Gasteiger partial charge in [-0.25, -0.2) is 5.10 Å². The molecule has 2 N–H and O–H groups in total. The largest absolute Gasteiger partial charge is 0.339 e. The highest BCUT2D eigenvalue weighted by atomic mass is 35.5. The number of piperazine rings is 1. The molecule has 2 saturated heterocycles. The first-order valence-corrected chi connectivity index (χ1v) is 9.54. The highest BCUT2D eigenvalue weighted by molar-refractivity contribution is 5.85. The Morgan fingerprint density at radius 1 is 1.11 bits per heavy atom. The van der Waals surface area contributed by atoms with Crippen LogP contribution in [0.1, 0.15) is 23.6 Å². The van der Waals surface area contributed by atoms with Crippen LogP contribution in [0.25, 0.3) is 0 Å². The summed E-state index contributed by atoms with van der Waals surface area (Å²) in [7, 11) is 0. The maximum Gasteiger partial charge on any atom is 0.255 e. The monoisotopic (exact) mass is 427 g/mol. The van der Waals surface area contributed by atoms with Gasteiger partial charge in [-0.15, -0.1) is 24.8 Å². The van der Waals surface area contributed by atoms with Crippen LogP contribution in [0.3, 0.4) is 0 Å². The van der Waals surface area contributed by atoms with Crippen LogP contribution in [0.4, 0.5) is 5.95 Å². The second-order valence-corrected chi connectivity index (χ2v) is 7.73. The summed E-state index contributed by atoms with van der Waals surface area (Å²) in [6.45, 7) is 7.29. The lowest BCUT2D eigenvalue weighted by Crippen LogP contribution is -2.48. The molecule has 0 spiro atoms. The predicted octanol–water partition coefficient (Wildman–Crippen LogP) is 0.839. The molecule has 3 aliphatic rings. The summed E-state index contributed by atoms with van der Waals surface area (Å²) in [6.07, 6.45) is 2.76. The zero-order valence-electron chi connectivity index (χ0n) is 15.7. The average molecular weight is 428 g/mol. The van der Waals surface area contributed by atoms with E-state index in [4.69, 9.17) is 0 Å². The number of nitrogens with zero attached hydrogens (tertiary/aromatic N) is 5. The molecule has 2 atom stereocenters. The molecule has 8 nitrogen and oxygen atoms in total. The smallest absolute Gasteiger partial charge is 0.255 e. The van der Waals surface area contributed by atoms with Crippen LogP contribution in [-0.4, -0.2) is 63.9 Å². The number of fused-ring (bicyclic) bond motifs is 4. The topological polar surface area (TPSA) is 82.1 Å². The van der Waals surface area contributed by atoms with E-state index in [1.807, 2.05) is 0 Å². The van der Waals surface area contributed by atoms with Crippen LogP contribution < -0.4 is 15.8 Å². The molecule has 154 valence electrons. The van der Waals surface area contributed by atoms with E-state index in [0.29, 0.717) is 11.8 Å². The Balaban J connectivity index is 0.00000112. The van der Waals surface area contributed by atoms with E-state index in [0.717, 1.165) is 63.9 Å². The van der Waals surface area contributed by atoms with E-state index < -0.39 is 0 Å². The minimum atomic E-state index is 0. The summed E-state index contributed by atoms with van der Waals surface area (Å²) in [6, 6.07) is 4.25. The van der Waals surface area contributed by atoms with E-state index in [2.05, 4.69) is 47.0 Å². The van der Waals surface area contributed by atoms with Crippen molar-refractivity contribution in [2.75, 3.05) is 44.2 Å². The Morgan fingerprint density at radius 3 is 2.68 bits per heavy atom. The van der Waals surface area contributed by atoms with Crippen molar-refractivity contribution in [2.45, 2.75) is 25.4 Å². The fourth-order valence-corrected chi connectivity index (χ4v) is 4.67. The first kappa shape index (κ1) is 21.1. The van der Waals surface area contributed by atoms with Crippen LogP contribution in [0.2, 0.25) is 0 Å². The molecule has 0 aliphatic carbocycles. The zero-order chi connectivity index (χ0) is 17.5. The van der Waals surface area contributed by atoms with Gasteiger partial charge in [0.05, 0.1) is 0 Å². The third-order valence-corrected chi connectivity index (χ3v) is 6.06. The van der Waals surface area contributed by atoms with Gasteiger partial charge in [0, 0.05) is 63.0 Å². The molecular formula is C18H27Cl2N7O. The summed E-state index contributed by atoms with van der Waals surface area (Å²) in [4.78, 5) is 21.8. The molecule has 10 heteroatoms. The molecule has 2 bridgehead atoms. The number of aromatic amines is 1. The van der Waals surface area contributed by atoms with Crippen molar-refractivity contribution in [1.82, 2.24) is 30.0 Å². The highest BCUT2D eigenvalue weighted by Gasteiger charge is 2.31. The second-order valence-electron chi connectivity index (χ2n) is 7.73. The fraction of sp³-hybridized carbons (Fsp3) is 0.611. The lowest BCUT2D eigenvalue weighted by molar-refractivity contribution is 0.240. The number of hydrogen-bond acceptors (Lipinski definition) is 6. The van der Waals surface area contributed by atoms with Crippen molar-refractivity contribution in [3.63, 3.8) is 0 Å². The predicted molar refractivity (Wildman–Crippen MR) is 113 cm³/mol. The van der Waals surface area contributed by atoms with Gasteiger partial charge in [0.1, 0.15) is 6.33 Å². The minimum Gasteiger partial charge on any atom is -0.339 e. The third kappa shape index (κ3) is 3.91. The molecular weight excluding hydrogens is 401 g/mol. The molecule has 0 aromatic carbocycles. The van der Waals surface area contributed by atoms with Crippen LogP contribution in [-0.2, 0) is 13.1 Å². The normalized spacial score (nSPS) is 24.1. The first-order valence-electron chi connectivity index (χ1n) is 9.54.